The van der Waals surface area contributed by atoms with Crippen LogP contribution in [0.2, 0.25) is 5.02 Å². The molecule has 1 rings (SSSR count). The van der Waals surface area contributed by atoms with Gasteiger partial charge >= 0.3 is 0 Å². The Balaban J connectivity index is 3.25. The standard InChI is InChI=1S/C9H7ClFN/c1-6-2-3-8(10)7(4-5-12)9(6)11/h2-3H,4H2,1H3. The Morgan fingerprint density at radius 2 is 2.25 bits per heavy atom. The van der Waals surface area contributed by atoms with Crippen molar-refractivity contribution < 1.29 is 4.39 Å². The predicted molar refractivity (Wildman–Crippen MR) is 45.5 cm³/mol. The number of hydrogen-bond acceptors (Lipinski definition) is 1. The normalized spacial score (nSPS) is 9.50. The van der Waals surface area contributed by atoms with E-state index in [2.05, 4.69) is 0 Å². The molecule has 0 saturated carbocycles. The molecule has 62 valence electrons. The fourth-order valence-electron chi connectivity index (χ4n) is 0.956. The van der Waals surface area contributed by atoms with E-state index in [9.17, 15) is 4.39 Å². The van der Waals surface area contributed by atoms with Gasteiger partial charge < -0.3 is 0 Å². The van der Waals surface area contributed by atoms with E-state index >= 15 is 0 Å². The van der Waals surface area contributed by atoms with Crippen LogP contribution in [0.1, 0.15) is 11.1 Å². The molecule has 0 aliphatic rings. The van der Waals surface area contributed by atoms with Crippen molar-refractivity contribution in [3.05, 3.63) is 34.1 Å². The Kier molecular flexibility index (Phi) is 2.67. The van der Waals surface area contributed by atoms with Gasteiger partial charge in [-0.3, -0.25) is 0 Å². The maximum Gasteiger partial charge on any atom is 0.131 e. The van der Waals surface area contributed by atoms with E-state index in [1.807, 2.05) is 6.07 Å². The van der Waals surface area contributed by atoms with Crippen molar-refractivity contribution in [2.45, 2.75) is 13.3 Å². The molecule has 3 heteroatoms. The van der Waals surface area contributed by atoms with Gasteiger partial charge in [0.05, 0.1) is 12.5 Å². The summed E-state index contributed by atoms with van der Waals surface area (Å²) in [5.41, 5.74) is 0.809. The fraction of sp³-hybridized carbons (Fsp3) is 0.222. The SMILES string of the molecule is Cc1ccc(Cl)c(CC#N)c1F. The van der Waals surface area contributed by atoms with Crippen LogP contribution in [0.4, 0.5) is 4.39 Å². The number of aryl methyl sites for hydroxylation is 1. The maximum absolute atomic E-state index is 13.2. The van der Waals surface area contributed by atoms with Gasteiger partial charge in [-0.2, -0.15) is 5.26 Å². The second-order valence-corrected chi connectivity index (χ2v) is 2.90. The second kappa shape index (κ2) is 3.55. The Morgan fingerprint density at radius 1 is 1.58 bits per heavy atom. The number of halogens is 2. The van der Waals surface area contributed by atoms with Crippen LogP contribution in [-0.2, 0) is 6.42 Å². The molecule has 0 atom stereocenters. The lowest BCUT2D eigenvalue weighted by molar-refractivity contribution is 0.606. The highest BCUT2D eigenvalue weighted by Gasteiger charge is 2.08. The lowest BCUT2D eigenvalue weighted by atomic mass is 10.1. The third-order valence-corrected chi connectivity index (χ3v) is 1.99. The highest BCUT2D eigenvalue weighted by Crippen LogP contribution is 2.21. The van der Waals surface area contributed by atoms with Gasteiger partial charge in [0.2, 0.25) is 0 Å². The van der Waals surface area contributed by atoms with Crippen molar-refractivity contribution in [1.29, 1.82) is 5.26 Å². The first-order chi connectivity index (χ1) is 5.66. The van der Waals surface area contributed by atoms with Crippen LogP contribution in [0.3, 0.4) is 0 Å². The molecule has 0 heterocycles. The molecular weight excluding hydrogens is 177 g/mol. The summed E-state index contributed by atoms with van der Waals surface area (Å²) in [5.74, 6) is -0.371. The Labute approximate surface area is 75.4 Å². The van der Waals surface area contributed by atoms with E-state index in [1.54, 1.807) is 19.1 Å². The summed E-state index contributed by atoms with van der Waals surface area (Å²) in [7, 11) is 0. The topological polar surface area (TPSA) is 23.8 Å². The zero-order valence-corrected chi connectivity index (χ0v) is 7.32. The Hall–Kier alpha value is -1.07. The molecule has 0 aliphatic heterocycles. The van der Waals surface area contributed by atoms with Gasteiger partial charge in [-0.05, 0) is 18.6 Å². The molecule has 0 radical (unpaired) electrons. The van der Waals surface area contributed by atoms with Crippen molar-refractivity contribution in [3.63, 3.8) is 0 Å². The monoisotopic (exact) mass is 183 g/mol. The summed E-state index contributed by atoms with van der Waals surface area (Å²) >= 11 is 5.69. The van der Waals surface area contributed by atoms with E-state index in [4.69, 9.17) is 16.9 Å². The highest BCUT2D eigenvalue weighted by molar-refractivity contribution is 6.31. The average molecular weight is 184 g/mol. The zero-order valence-electron chi connectivity index (χ0n) is 6.56. The fourth-order valence-corrected chi connectivity index (χ4v) is 1.17. The van der Waals surface area contributed by atoms with E-state index in [0.717, 1.165) is 0 Å². The van der Waals surface area contributed by atoms with E-state index in [-0.39, 0.29) is 12.2 Å². The Bertz CT molecular complexity index is 341. The Morgan fingerprint density at radius 3 is 2.83 bits per heavy atom. The molecule has 0 aromatic heterocycles. The quantitative estimate of drug-likeness (QED) is 0.657. The first-order valence-electron chi connectivity index (χ1n) is 3.47. The van der Waals surface area contributed by atoms with Crippen molar-refractivity contribution in [2.75, 3.05) is 0 Å². The molecule has 1 aromatic rings. The van der Waals surface area contributed by atoms with Gasteiger partial charge in [0.1, 0.15) is 5.82 Å². The summed E-state index contributed by atoms with van der Waals surface area (Å²) in [6.45, 7) is 1.65. The van der Waals surface area contributed by atoms with Gasteiger partial charge in [0.15, 0.2) is 0 Å². The summed E-state index contributed by atoms with van der Waals surface area (Å²) in [6.07, 6.45) is 0.0202. The van der Waals surface area contributed by atoms with Crippen LogP contribution < -0.4 is 0 Å². The number of benzene rings is 1. The summed E-state index contributed by atoms with van der Waals surface area (Å²) < 4.78 is 13.2. The van der Waals surface area contributed by atoms with Crippen molar-refractivity contribution in [2.24, 2.45) is 0 Å². The van der Waals surface area contributed by atoms with E-state index in [1.165, 1.54) is 0 Å². The number of rotatable bonds is 1. The number of nitriles is 1. The van der Waals surface area contributed by atoms with Gasteiger partial charge in [-0.1, -0.05) is 17.7 Å². The summed E-state index contributed by atoms with van der Waals surface area (Å²) in [5, 5.41) is 8.70. The molecule has 12 heavy (non-hydrogen) atoms. The zero-order chi connectivity index (χ0) is 9.14. The average Bonchev–Trinajstić information content (AvgIpc) is 2.06. The second-order valence-electron chi connectivity index (χ2n) is 2.49. The molecular formula is C9H7ClFN. The largest absolute Gasteiger partial charge is 0.206 e. The molecule has 1 aromatic carbocycles. The van der Waals surface area contributed by atoms with Gasteiger partial charge in [0.25, 0.3) is 0 Å². The van der Waals surface area contributed by atoms with Crippen LogP contribution in [0, 0.1) is 24.1 Å². The molecule has 0 saturated heterocycles. The predicted octanol–water partition coefficient (Wildman–Crippen LogP) is 2.85. The van der Waals surface area contributed by atoms with Crippen LogP contribution in [0.25, 0.3) is 0 Å². The highest BCUT2D eigenvalue weighted by atomic mass is 35.5. The van der Waals surface area contributed by atoms with E-state index < -0.39 is 0 Å². The molecule has 0 spiro atoms. The third-order valence-electron chi connectivity index (χ3n) is 1.63. The first-order valence-corrected chi connectivity index (χ1v) is 3.85. The lowest BCUT2D eigenvalue weighted by Crippen LogP contribution is -1.93. The first kappa shape index (κ1) is 9.02. The summed E-state index contributed by atoms with van der Waals surface area (Å²) in [4.78, 5) is 0. The van der Waals surface area contributed by atoms with Crippen molar-refractivity contribution in [3.8, 4) is 6.07 Å². The van der Waals surface area contributed by atoms with Crippen LogP contribution in [-0.4, -0.2) is 0 Å². The third kappa shape index (κ3) is 1.57. The van der Waals surface area contributed by atoms with Gasteiger partial charge in [0, 0.05) is 10.6 Å². The molecule has 0 bridgehead atoms. The molecule has 0 unspecified atom stereocenters. The number of hydrogen-bond donors (Lipinski definition) is 0. The van der Waals surface area contributed by atoms with Crippen LogP contribution >= 0.6 is 11.6 Å². The maximum atomic E-state index is 13.2. The van der Waals surface area contributed by atoms with Gasteiger partial charge in [-0.15, -0.1) is 0 Å². The lowest BCUT2D eigenvalue weighted by Gasteiger charge is -2.03. The summed E-state index contributed by atoms with van der Waals surface area (Å²) in [6, 6.07) is 5.07. The van der Waals surface area contributed by atoms with E-state index in [0.29, 0.717) is 16.1 Å². The minimum absolute atomic E-state index is 0.0202. The van der Waals surface area contributed by atoms with Gasteiger partial charge in [-0.25, -0.2) is 4.39 Å². The molecule has 1 nitrogen and oxygen atoms in total. The van der Waals surface area contributed by atoms with Crippen LogP contribution in [0.5, 0.6) is 0 Å². The molecule has 0 fully saturated rings. The van der Waals surface area contributed by atoms with Crippen molar-refractivity contribution in [1.82, 2.24) is 0 Å². The molecule has 0 N–H and O–H groups in total. The number of nitrogens with zero attached hydrogens (tertiary/aromatic N) is 1. The van der Waals surface area contributed by atoms with Crippen molar-refractivity contribution >= 4 is 11.6 Å². The smallest absolute Gasteiger partial charge is 0.131 e. The minimum Gasteiger partial charge on any atom is -0.206 e. The molecule has 0 aliphatic carbocycles. The minimum atomic E-state index is -0.371. The molecule has 0 amide bonds. The van der Waals surface area contributed by atoms with Crippen LogP contribution in [0.15, 0.2) is 12.1 Å².